The molecule has 1 aliphatic rings. The molecular formula is C20H33FN4. The van der Waals surface area contributed by atoms with E-state index >= 15 is 0 Å². The first-order valence-electron chi connectivity index (χ1n) is 9.58. The molecule has 140 valence electrons. The molecule has 1 unspecified atom stereocenters. The molecule has 4 nitrogen and oxygen atoms in total. The van der Waals surface area contributed by atoms with Gasteiger partial charge in [0.05, 0.1) is 0 Å². The highest BCUT2D eigenvalue weighted by atomic mass is 19.1. The summed E-state index contributed by atoms with van der Waals surface area (Å²) in [6.07, 6.45) is 5.98. The van der Waals surface area contributed by atoms with Gasteiger partial charge >= 0.3 is 0 Å². The number of benzene rings is 1. The lowest BCUT2D eigenvalue weighted by molar-refractivity contribution is 0.181. The summed E-state index contributed by atoms with van der Waals surface area (Å²) in [5.74, 6) is 1.51. The molecule has 25 heavy (non-hydrogen) atoms. The minimum atomic E-state index is -0.187. The van der Waals surface area contributed by atoms with Crippen LogP contribution in [0.5, 0.6) is 0 Å². The molecule has 1 atom stereocenters. The molecule has 1 heterocycles. The fourth-order valence-electron chi connectivity index (χ4n) is 3.35. The Kier molecular flexibility index (Phi) is 8.73. The average molecular weight is 349 g/mol. The van der Waals surface area contributed by atoms with Crippen LogP contribution >= 0.6 is 0 Å². The van der Waals surface area contributed by atoms with Crippen LogP contribution in [0.15, 0.2) is 29.3 Å². The molecular weight excluding hydrogens is 315 g/mol. The third-order valence-electron chi connectivity index (χ3n) is 4.78. The van der Waals surface area contributed by atoms with Gasteiger partial charge in [-0.1, -0.05) is 19.1 Å². The van der Waals surface area contributed by atoms with Crippen molar-refractivity contribution < 1.29 is 4.39 Å². The summed E-state index contributed by atoms with van der Waals surface area (Å²) >= 11 is 0. The van der Waals surface area contributed by atoms with Gasteiger partial charge < -0.3 is 15.5 Å². The lowest BCUT2D eigenvalue weighted by atomic mass is 10.0. The maximum atomic E-state index is 12.9. The average Bonchev–Trinajstić information content (AvgIpc) is 2.61. The number of likely N-dealkylation sites (tertiary alicyclic amines) is 1. The van der Waals surface area contributed by atoms with Crippen LogP contribution in [-0.2, 0) is 6.42 Å². The van der Waals surface area contributed by atoms with Crippen LogP contribution in [0.3, 0.4) is 0 Å². The number of hydrogen-bond donors (Lipinski definition) is 2. The van der Waals surface area contributed by atoms with Gasteiger partial charge in [-0.25, -0.2) is 4.39 Å². The molecule has 5 heteroatoms. The van der Waals surface area contributed by atoms with E-state index < -0.39 is 0 Å². The molecule has 0 amide bonds. The maximum Gasteiger partial charge on any atom is 0.190 e. The minimum Gasteiger partial charge on any atom is -0.356 e. The van der Waals surface area contributed by atoms with Gasteiger partial charge in [-0.15, -0.1) is 0 Å². The standard InChI is InChI=1S/C20H33FN4/c1-17-6-5-15-25(16-17)14-4-3-12-23-20(22-2)24-13-11-18-7-9-19(21)10-8-18/h7-10,17H,3-6,11-16H2,1-2H3,(H2,22,23,24). The van der Waals surface area contributed by atoms with E-state index in [4.69, 9.17) is 0 Å². The normalized spacial score (nSPS) is 19.0. The van der Waals surface area contributed by atoms with E-state index in [1.807, 2.05) is 12.1 Å². The fraction of sp³-hybridized carbons (Fsp3) is 0.650. The van der Waals surface area contributed by atoms with E-state index in [1.54, 1.807) is 7.05 Å². The highest BCUT2D eigenvalue weighted by Gasteiger charge is 2.15. The van der Waals surface area contributed by atoms with Gasteiger partial charge in [0.1, 0.15) is 5.82 Å². The zero-order valence-electron chi connectivity index (χ0n) is 15.7. The Bertz CT molecular complexity index is 515. The Morgan fingerprint density at radius 2 is 1.96 bits per heavy atom. The topological polar surface area (TPSA) is 39.7 Å². The Hall–Kier alpha value is -1.62. The first kappa shape index (κ1) is 19.7. The van der Waals surface area contributed by atoms with Crippen molar-refractivity contribution >= 4 is 5.96 Å². The first-order chi connectivity index (χ1) is 12.2. The number of unbranched alkanes of at least 4 members (excludes halogenated alkanes) is 1. The summed E-state index contributed by atoms with van der Waals surface area (Å²) in [5, 5.41) is 6.69. The third-order valence-corrected chi connectivity index (χ3v) is 4.78. The van der Waals surface area contributed by atoms with Gasteiger partial charge in [0.25, 0.3) is 0 Å². The van der Waals surface area contributed by atoms with Gasteiger partial charge in [0.2, 0.25) is 0 Å². The van der Waals surface area contributed by atoms with Gasteiger partial charge in [0.15, 0.2) is 5.96 Å². The summed E-state index contributed by atoms with van der Waals surface area (Å²) < 4.78 is 12.9. The molecule has 1 saturated heterocycles. The maximum absolute atomic E-state index is 12.9. The monoisotopic (exact) mass is 348 g/mol. The SMILES string of the molecule is CN=C(NCCCCN1CCCC(C)C1)NCCc1ccc(F)cc1. The van der Waals surface area contributed by atoms with Gasteiger partial charge in [-0.05, 0) is 68.8 Å². The number of guanidine groups is 1. The van der Waals surface area contributed by atoms with Gasteiger partial charge in [-0.2, -0.15) is 0 Å². The van der Waals surface area contributed by atoms with Crippen molar-refractivity contribution in [2.75, 3.05) is 39.8 Å². The molecule has 1 fully saturated rings. The van der Waals surface area contributed by atoms with Crippen LogP contribution in [0.1, 0.15) is 38.2 Å². The summed E-state index contributed by atoms with van der Waals surface area (Å²) in [7, 11) is 1.79. The largest absolute Gasteiger partial charge is 0.356 e. The van der Waals surface area contributed by atoms with E-state index in [0.717, 1.165) is 43.4 Å². The number of piperidine rings is 1. The molecule has 1 aromatic rings. The second-order valence-corrected chi connectivity index (χ2v) is 7.06. The molecule has 0 bridgehead atoms. The van der Waals surface area contributed by atoms with Crippen LogP contribution < -0.4 is 10.6 Å². The Morgan fingerprint density at radius 3 is 2.68 bits per heavy atom. The number of hydrogen-bond acceptors (Lipinski definition) is 2. The number of aliphatic imine (C=N–C) groups is 1. The summed E-state index contributed by atoms with van der Waals surface area (Å²) in [5.41, 5.74) is 1.13. The van der Waals surface area contributed by atoms with Crippen LogP contribution in [0.25, 0.3) is 0 Å². The summed E-state index contributed by atoms with van der Waals surface area (Å²) in [4.78, 5) is 6.86. The Balaban J connectivity index is 1.53. The Labute approximate surface area is 151 Å². The van der Waals surface area contributed by atoms with Crippen molar-refractivity contribution in [3.63, 3.8) is 0 Å². The molecule has 0 aliphatic carbocycles. The lowest BCUT2D eigenvalue weighted by Gasteiger charge is -2.30. The number of nitrogens with one attached hydrogen (secondary N) is 2. The summed E-state index contributed by atoms with van der Waals surface area (Å²) in [6.45, 7) is 7.83. The predicted octanol–water partition coefficient (Wildman–Crippen LogP) is 3.05. The second kappa shape index (κ2) is 11.1. The van der Waals surface area contributed by atoms with Gasteiger partial charge in [-0.3, -0.25) is 4.99 Å². The summed E-state index contributed by atoms with van der Waals surface area (Å²) in [6, 6.07) is 6.67. The third kappa shape index (κ3) is 7.86. The van der Waals surface area contributed by atoms with Crippen molar-refractivity contribution in [3.05, 3.63) is 35.6 Å². The van der Waals surface area contributed by atoms with E-state index in [9.17, 15) is 4.39 Å². The van der Waals surface area contributed by atoms with Crippen LogP contribution in [0.2, 0.25) is 0 Å². The molecule has 0 aromatic heterocycles. The molecule has 2 N–H and O–H groups in total. The highest BCUT2D eigenvalue weighted by Crippen LogP contribution is 2.15. The van der Waals surface area contributed by atoms with Crippen molar-refractivity contribution in [1.82, 2.24) is 15.5 Å². The quantitative estimate of drug-likeness (QED) is 0.431. The smallest absolute Gasteiger partial charge is 0.190 e. The van der Waals surface area contributed by atoms with Crippen LogP contribution in [0, 0.1) is 11.7 Å². The van der Waals surface area contributed by atoms with Crippen molar-refractivity contribution in [2.24, 2.45) is 10.9 Å². The molecule has 0 radical (unpaired) electrons. The van der Waals surface area contributed by atoms with Crippen molar-refractivity contribution in [1.29, 1.82) is 0 Å². The molecule has 0 saturated carbocycles. The van der Waals surface area contributed by atoms with Crippen molar-refractivity contribution in [2.45, 2.75) is 39.0 Å². The van der Waals surface area contributed by atoms with E-state index in [2.05, 4.69) is 27.4 Å². The van der Waals surface area contributed by atoms with E-state index in [1.165, 1.54) is 51.0 Å². The Morgan fingerprint density at radius 1 is 1.20 bits per heavy atom. The number of rotatable bonds is 8. The number of halogens is 1. The fourth-order valence-corrected chi connectivity index (χ4v) is 3.35. The molecule has 1 aliphatic heterocycles. The van der Waals surface area contributed by atoms with Crippen LogP contribution in [-0.4, -0.2) is 50.6 Å². The zero-order valence-corrected chi connectivity index (χ0v) is 15.7. The molecule has 0 spiro atoms. The van der Waals surface area contributed by atoms with Crippen molar-refractivity contribution in [3.8, 4) is 0 Å². The number of nitrogens with zero attached hydrogens (tertiary/aromatic N) is 2. The van der Waals surface area contributed by atoms with E-state index in [0.29, 0.717) is 0 Å². The lowest BCUT2D eigenvalue weighted by Crippen LogP contribution is -2.39. The molecule has 1 aromatic carbocycles. The van der Waals surface area contributed by atoms with Crippen LogP contribution in [0.4, 0.5) is 4.39 Å². The first-order valence-corrected chi connectivity index (χ1v) is 9.58. The zero-order chi connectivity index (χ0) is 17.9. The van der Waals surface area contributed by atoms with Gasteiger partial charge in [0, 0.05) is 26.7 Å². The van der Waals surface area contributed by atoms with E-state index in [-0.39, 0.29) is 5.82 Å². The minimum absolute atomic E-state index is 0.187. The highest BCUT2D eigenvalue weighted by molar-refractivity contribution is 5.79. The second-order valence-electron chi connectivity index (χ2n) is 7.06. The predicted molar refractivity (Wildman–Crippen MR) is 104 cm³/mol. The molecule has 2 rings (SSSR count).